The van der Waals surface area contributed by atoms with Gasteiger partial charge in [-0.15, -0.1) is 0 Å². The van der Waals surface area contributed by atoms with Crippen LogP contribution in [0.25, 0.3) is 0 Å². The van der Waals surface area contributed by atoms with Crippen LogP contribution in [-0.4, -0.2) is 20.6 Å². The molecule has 144 valence electrons. The Balaban J connectivity index is 1.65. The normalized spacial score (nSPS) is 11.0. The van der Waals surface area contributed by atoms with E-state index in [2.05, 4.69) is 0 Å². The van der Waals surface area contributed by atoms with E-state index in [1.54, 1.807) is 24.3 Å². The van der Waals surface area contributed by atoms with E-state index >= 15 is 0 Å². The molecule has 0 unspecified atom stereocenters. The van der Waals surface area contributed by atoms with Crippen LogP contribution < -0.4 is 4.74 Å². The smallest absolute Gasteiger partial charge is 0.338 e. The average molecular weight is 396 g/mol. The Morgan fingerprint density at radius 1 is 0.857 bits per heavy atom. The van der Waals surface area contributed by atoms with E-state index < -0.39 is 15.8 Å². The molecule has 0 aliphatic heterocycles. The first-order valence-electron chi connectivity index (χ1n) is 8.65. The summed E-state index contributed by atoms with van der Waals surface area (Å²) in [5, 5.41) is 0. The number of carbonyl (C=O) groups excluding carboxylic acids is 1. The predicted molar refractivity (Wildman–Crippen MR) is 107 cm³/mol. The van der Waals surface area contributed by atoms with Gasteiger partial charge in [0.25, 0.3) is 0 Å². The zero-order valence-electron chi connectivity index (χ0n) is 15.4. The molecule has 0 atom stereocenters. The number of carbonyl (C=O) groups is 1. The Kier molecular flexibility index (Phi) is 6.11. The summed E-state index contributed by atoms with van der Waals surface area (Å²) in [6.45, 7) is 0.0624. The van der Waals surface area contributed by atoms with E-state index in [-0.39, 0.29) is 12.4 Å². The molecular formula is C22H20O5S. The van der Waals surface area contributed by atoms with Gasteiger partial charge in [0.05, 0.1) is 11.3 Å². The van der Waals surface area contributed by atoms with Gasteiger partial charge < -0.3 is 9.47 Å². The molecule has 3 rings (SSSR count). The summed E-state index contributed by atoms with van der Waals surface area (Å²) in [5.41, 5.74) is 1.73. The van der Waals surface area contributed by atoms with E-state index in [1.165, 1.54) is 6.26 Å². The molecule has 0 aliphatic carbocycles. The number of rotatable bonds is 7. The maximum atomic E-state index is 12.3. The van der Waals surface area contributed by atoms with Crippen LogP contribution in [0.15, 0.2) is 78.9 Å². The van der Waals surface area contributed by atoms with Gasteiger partial charge in [0, 0.05) is 11.8 Å². The van der Waals surface area contributed by atoms with Crippen LogP contribution in [0.5, 0.6) is 11.5 Å². The van der Waals surface area contributed by atoms with Crippen molar-refractivity contribution in [3.63, 3.8) is 0 Å². The molecule has 0 N–H and O–H groups in total. The highest BCUT2D eigenvalue weighted by atomic mass is 32.2. The quantitative estimate of drug-likeness (QED) is 0.554. The number of para-hydroxylation sites is 2. The maximum absolute atomic E-state index is 12.3. The second kappa shape index (κ2) is 8.71. The van der Waals surface area contributed by atoms with Crippen LogP contribution in [0.3, 0.4) is 0 Å². The fourth-order valence-corrected chi connectivity index (χ4v) is 3.40. The van der Waals surface area contributed by atoms with E-state index in [1.807, 2.05) is 54.6 Å². The molecule has 0 aromatic heterocycles. The van der Waals surface area contributed by atoms with Gasteiger partial charge in [0.1, 0.15) is 18.1 Å². The number of hydrogen-bond donors (Lipinski definition) is 0. The largest absolute Gasteiger partial charge is 0.457 e. The second-order valence-electron chi connectivity index (χ2n) is 6.37. The minimum Gasteiger partial charge on any atom is -0.457 e. The van der Waals surface area contributed by atoms with Gasteiger partial charge in [0.15, 0.2) is 9.84 Å². The standard InChI is InChI=1S/C22H20O5S/c1-28(24,25)16-17-11-13-18(14-12-17)22(23)26-15-19-7-5-6-10-21(19)27-20-8-3-2-4-9-20/h2-14H,15-16H2,1H3. The molecule has 0 heterocycles. The highest BCUT2D eigenvalue weighted by Crippen LogP contribution is 2.25. The molecule has 0 fully saturated rings. The van der Waals surface area contributed by atoms with E-state index in [9.17, 15) is 13.2 Å². The molecular weight excluding hydrogens is 376 g/mol. The summed E-state index contributed by atoms with van der Waals surface area (Å²) in [6, 6.07) is 23.1. The van der Waals surface area contributed by atoms with Crippen molar-refractivity contribution >= 4 is 15.8 Å². The lowest BCUT2D eigenvalue weighted by atomic mass is 10.1. The molecule has 5 nitrogen and oxygen atoms in total. The highest BCUT2D eigenvalue weighted by Gasteiger charge is 2.11. The Morgan fingerprint density at radius 2 is 1.50 bits per heavy atom. The van der Waals surface area contributed by atoms with E-state index in [0.717, 1.165) is 5.56 Å². The first kappa shape index (κ1) is 19.6. The van der Waals surface area contributed by atoms with Crippen LogP contribution in [-0.2, 0) is 26.9 Å². The number of ether oxygens (including phenoxy) is 2. The summed E-state index contributed by atoms with van der Waals surface area (Å²) in [6.07, 6.45) is 1.17. The maximum Gasteiger partial charge on any atom is 0.338 e. The predicted octanol–water partition coefficient (Wildman–Crippen LogP) is 4.38. The summed E-state index contributed by atoms with van der Waals surface area (Å²) >= 11 is 0. The average Bonchev–Trinajstić information content (AvgIpc) is 2.67. The molecule has 0 aliphatic rings. The monoisotopic (exact) mass is 396 g/mol. The summed E-state index contributed by atoms with van der Waals surface area (Å²) in [7, 11) is -3.12. The van der Waals surface area contributed by atoms with Crippen molar-refractivity contribution in [3.8, 4) is 11.5 Å². The minimum atomic E-state index is -3.12. The highest BCUT2D eigenvalue weighted by molar-refractivity contribution is 7.89. The molecule has 0 saturated carbocycles. The topological polar surface area (TPSA) is 69.7 Å². The second-order valence-corrected chi connectivity index (χ2v) is 8.51. The molecule has 6 heteroatoms. The Morgan fingerprint density at radius 3 is 2.18 bits per heavy atom. The molecule has 0 bridgehead atoms. The van der Waals surface area contributed by atoms with Crippen molar-refractivity contribution in [1.29, 1.82) is 0 Å². The zero-order chi connectivity index (χ0) is 20.0. The first-order chi connectivity index (χ1) is 13.4. The van der Waals surface area contributed by atoms with Gasteiger partial charge in [-0.3, -0.25) is 0 Å². The third kappa shape index (κ3) is 5.69. The van der Waals surface area contributed by atoms with Crippen LogP contribution in [0, 0.1) is 0 Å². The van der Waals surface area contributed by atoms with Crippen molar-refractivity contribution in [1.82, 2.24) is 0 Å². The molecule has 3 aromatic carbocycles. The third-order valence-electron chi connectivity index (χ3n) is 3.92. The Labute approximate surface area is 164 Å². The summed E-state index contributed by atoms with van der Waals surface area (Å²) in [4.78, 5) is 12.3. The minimum absolute atomic E-state index is 0.0624. The Hall–Kier alpha value is -3.12. The third-order valence-corrected chi connectivity index (χ3v) is 4.78. The lowest BCUT2D eigenvalue weighted by Gasteiger charge is -2.11. The van der Waals surface area contributed by atoms with Crippen molar-refractivity contribution in [2.75, 3.05) is 6.26 Å². The Bertz CT molecular complexity index is 1040. The molecule has 0 saturated heterocycles. The number of benzene rings is 3. The van der Waals surface area contributed by atoms with E-state index in [4.69, 9.17) is 9.47 Å². The van der Waals surface area contributed by atoms with E-state index in [0.29, 0.717) is 22.6 Å². The molecule has 28 heavy (non-hydrogen) atoms. The van der Waals surface area contributed by atoms with Gasteiger partial charge in [0.2, 0.25) is 0 Å². The van der Waals surface area contributed by atoms with Crippen molar-refractivity contribution in [2.45, 2.75) is 12.4 Å². The van der Waals surface area contributed by atoms with Crippen molar-refractivity contribution in [3.05, 3.63) is 95.6 Å². The van der Waals surface area contributed by atoms with Crippen molar-refractivity contribution in [2.24, 2.45) is 0 Å². The van der Waals surface area contributed by atoms with Crippen LogP contribution in [0.1, 0.15) is 21.5 Å². The van der Waals surface area contributed by atoms with Gasteiger partial charge >= 0.3 is 5.97 Å². The molecule has 0 spiro atoms. The lowest BCUT2D eigenvalue weighted by molar-refractivity contribution is 0.0471. The zero-order valence-corrected chi connectivity index (χ0v) is 16.2. The lowest BCUT2D eigenvalue weighted by Crippen LogP contribution is -2.07. The van der Waals surface area contributed by atoms with Crippen LogP contribution in [0.4, 0.5) is 0 Å². The van der Waals surface area contributed by atoms with Crippen LogP contribution >= 0.6 is 0 Å². The summed E-state index contributed by atoms with van der Waals surface area (Å²) in [5.74, 6) is 0.764. The summed E-state index contributed by atoms with van der Waals surface area (Å²) < 4.78 is 33.9. The number of sulfone groups is 1. The van der Waals surface area contributed by atoms with Gasteiger partial charge in [-0.2, -0.15) is 0 Å². The molecule has 3 aromatic rings. The molecule has 0 amide bonds. The fourth-order valence-electron chi connectivity index (χ4n) is 2.60. The first-order valence-corrected chi connectivity index (χ1v) is 10.7. The van der Waals surface area contributed by atoms with Gasteiger partial charge in [-0.05, 0) is 35.9 Å². The van der Waals surface area contributed by atoms with Gasteiger partial charge in [-0.25, -0.2) is 13.2 Å². The van der Waals surface area contributed by atoms with Gasteiger partial charge in [-0.1, -0.05) is 48.5 Å². The number of esters is 1. The van der Waals surface area contributed by atoms with Crippen molar-refractivity contribution < 1.29 is 22.7 Å². The van der Waals surface area contributed by atoms with Crippen LogP contribution in [0.2, 0.25) is 0 Å². The number of hydrogen-bond acceptors (Lipinski definition) is 5. The fraction of sp³-hybridized carbons (Fsp3) is 0.136. The molecule has 0 radical (unpaired) electrons. The SMILES string of the molecule is CS(=O)(=O)Cc1ccc(C(=O)OCc2ccccc2Oc2ccccc2)cc1.